The van der Waals surface area contributed by atoms with Crippen LogP contribution in [0.4, 0.5) is 0 Å². The summed E-state index contributed by atoms with van der Waals surface area (Å²) in [6.45, 7) is 0. The summed E-state index contributed by atoms with van der Waals surface area (Å²) in [6.07, 6.45) is 2.01. The van der Waals surface area contributed by atoms with Crippen molar-refractivity contribution >= 4 is 29.6 Å². The third-order valence-electron chi connectivity index (χ3n) is 1.30. The van der Waals surface area contributed by atoms with Crippen LogP contribution in [0.3, 0.4) is 0 Å². The lowest BCUT2D eigenvalue weighted by atomic mass is 10.2. The maximum Gasteiger partial charge on any atom is 0.0411 e. The zero-order valence-electron chi connectivity index (χ0n) is 6.75. The summed E-state index contributed by atoms with van der Waals surface area (Å²) >= 11 is 7.34. The van der Waals surface area contributed by atoms with Gasteiger partial charge in [-0.15, -0.1) is 0 Å². The standard InChI is InChI=1S/C9H10ClNS.CH4/c1-11-12-6-5-8-3-2-4-9(10)7-8;/h2-7,11H,1H3;1H4/b6-5+;. The molecule has 1 rings (SSSR count). The Morgan fingerprint density at radius 2 is 2.23 bits per heavy atom. The van der Waals surface area contributed by atoms with Gasteiger partial charge in [0, 0.05) is 5.02 Å². The predicted octanol–water partition coefficient (Wildman–Crippen LogP) is 3.81. The molecule has 0 spiro atoms. The lowest BCUT2D eigenvalue weighted by Crippen LogP contribution is -1.85. The van der Waals surface area contributed by atoms with Gasteiger partial charge in [-0.25, -0.2) is 0 Å². The first-order valence-corrected chi connectivity index (χ1v) is 4.83. The summed E-state index contributed by atoms with van der Waals surface area (Å²) in [6, 6.07) is 7.74. The van der Waals surface area contributed by atoms with Gasteiger partial charge in [0.2, 0.25) is 0 Å². The molecular weight excluding hydrogens is 202 g/mol. The molecule has 0 aromatic heterocycles. The normalized spacial score (nSPS) is 10.0. The van der Waals surface area contributed by atoms with Crippen molar-refractivity contribution < 1.29 is 0 Å². The average molecular weight is 216 g/mol. The van der Waals surface area contributed by atoms with Gasteiger partial charge < -0.3 is 0 Å². The minimum atomic E-state index is 0. The van der Waals surface area contributed by atoms with Crippen LogP contribution in [0.15, 0.2) is 29.7 Å². The van der Waals surface area contributed by atoms with E-state index in [0.29, 0.717) is 0 Å². The zero-order valence-corrected chi connectivity index (χ0v) is 8.32. The second kappa shape index (κ2) is 7.01. The summed E-state index contributed by atoms with van der Waals surface area (Å²) < 4.78 is 2.95. The minimum absolute atomic E-state index is 0. The quantitative estimate of drug-likeness (QED) is 0.770. The van der Waals surface area contributed by atoms with Crippen LogP contribution in [0.1, 0.15) is 13.0 Å². The molecule has 72 valence electrons. The summed E-state index contributed by atoms with van der Waals surface area (Å²) in [4.78, 5) is 0. The maximum absolute atomic E-state index is 5.80. The van der Waals surface area contributed by atoms with E-state index in [1.54, 1.807) is 0 Å². The molecule has 0 radical (unpaired) electrons. The van der Waals surface area contributed by atoms with Crippen LogP contribution < -0.4 is 4.72 Å². The molecule has 0 amide bonds. The van der Waals surface area contributed by atoms with Crippen LogP contribution in [0.25, 0.3) is 6.08 Å². The molecule has 0 atom stereocenters. The van der Waals surface area contributed by atoms with Crippen molar-refractivity contribution in [2.24, 2.45) is 0 Å². The molecule has 0 aliphatic heterocycles. The highest BCUT2D eigenvalue weighted by Gasteiger charge is 1.87. The topological polar surface area (TPSA) is 12.0 Å². The van der Waals surface area contributed by atoms with E-state index in [9.17, 15) is 0 Å². The van der Waals surface area contributed by atoms with Crippen LogP contribution in [0.5, 0.6) is 0 Å². The van der Waals surface area contributed by atoms with E-state index in [1.807, 2.05) is 42.8 Å². The maximum atomic E-state index is 5.80. The summed E-state index contributed by atoms with van der Waals surface area (Å²) in [5.41, 5.74) is 1.12. The summed E-state index contributed by atoms with van der Waals surface area (Å²) in [5.74, 6) is 0. The Balaban J connectivity index is 0.00000144. The number of hydrogen-bond acceptors (Lipinski definition) is 2. The molecule has 0 saturated heterocycles. The fourth-order valence-electron chi connectivity index (χ4n) is 0.791. The molecule has 0 aliphatic rings. The van der Waals surface area contributed by atoms with Crippen molar-refractivity contribution in [2.45, 2.75) is 7.43 Å². The van der Waals surface area contributed by atoms with E-state index in [4.69, 9.17) is 11.6 Å². The highest BCUT2D eigenvalue weighted by Crippen LogP contribution is 2.12. The number of benzene rings is 1. The zero-order chi connectivity index (χ0) is 8.81. The van der Waals surface area contributed by atoms with Crippen molar-refractivity contribution in [3.05, 3.63) is 40.3 Å². The first kappa shape index (κ1) is 12.6. The van der Waals surface area contributed by atoms with Gasteiger partial charge in [-0.3, -0.25) is 4.72 Å². The van der Waals surface area contributed by atoms with Crippen LogP contribution in [0, 0.1) is 0 Å². The van der Waals surface area contributed by atoms with Crippen LogP contribution in [-0.2, 0) is 0 Å². The lowest BCUT2D eigenvalue weighted by Gasteiger charge is -1.93. The monoisotopic (exact) mass is 215 g/mol. The molecule has 3 heteroatoms. The van der Waals surface area contributed by atoms with Crippen molar-refractivity contribution in [1.82, 2.24) is 4.72 Å². The van der Waals surface area contributed by atoms with Crippen LogP contribution in [0.2, 0.25) is 5.02 Å². The molecule has 0 bridgehead atoms. The van der Waals surface area contributed by atoms with E-state index >= 15 is 0 Å². The molecule has 1 N–H and O–H groups in total. The van der Waals surface area contributed by atoms with Crippen molar-refractivity contribution in [1.29, 1.82) is 0 Å². The molecule has 1 aromatic rings. The van der Waals surface area contributed by atoms with Gasteiger partial charge in [0.15, 0.2) is 0 Å². The smallest absolute Gasteiger partial charge is 0.0411 e. The Labute approximate surface area is 89.3 Å². The fourth-order valence-corrected chi connectivity index (χ4v) is 1.35. The Bertz CT molecular complexity index is 273. The van der Waals surface area contributed by atoms with Gasteiger partial charge in [-0.2, -0.15) is 0 Å². The third-order valence-corrected chi connectivity index (χ3v) is 2.04. The first-order valence-electron chi connectivity index (χ1n) is 3.57. The van der Waals surface area contributed by atoms with Gasteiger partial charge >= 0.3 is 0 Å². The van der Waals surface area contributed by atoms with Gasteiger partial charge in [-0.05, 0) is 36.2 Å². The van der Waals surface area contributed by atoms with Crippen LogP contribution >= 0.6 is 23.5 Å². The van der Waals surface area contributed by atoms with Crippen molar-refractivity contribution in [3.63, 3.8) is 0 Å². The van der Waals surface area contributed by atoms with Crippen molar-refractivity contribution in [2.75, 3.05) is 7.05 Å². The van der Waals surface area contributed by atoms with Gasteiger partial charge in [-0.1, -0.05) is 43.1 Å². The number of rotatable bonds is 3. The Morgan fingerprint density at radius 1 is 1.46 bits per heavy atom. The van der Waals surface area contributed by atoms with Crippen molar-refractivity contribution in [3.8, 4) is 0 Å². The second-order valence-corrected chi connectivity index (χ2v) is 3.53. The molecule has 0 fully saturated rings. The number of nitrogens with one attached hydrogen (secondary N) is 1. The van der Waals surface area contributed by atoms with E-state index in [1.165, 1.54) is 11.9 Å². The largest absolute Gasteiger partial charge is 0.263 e. The molecule has 1 nitrogen and oxygen atoms in total. The molecule has 13 heavy (non-hydrogen) atoms. The summed E-state index contributed by atoms with van der Waals surface area (Å²) in [5, 5.41) is 2.75. The highest BCUT2D eigenvalue weighted by atomic mass is 35.5. The highest BCUT2D eigenvalue weighted by molar-refractivity contribution is 8.00. The number of hydrogen-bond donors (Lipinski definition) is 1. The minimum Gasteiger partial charge on any atom is -0.263 e. The van der Waals surface area contributed by atoms with Crippen LogP contribution in [-0.4, -0.2) is 7.05 Å². The van der Waals surface area contributed by atoms with Gasteiger partial charge in [0.05, 0.1) is 0 Å². The Hall–Kier alpha value is -0.440. The number of halogens is 1. The van der Waals surface area contributed by atoms with Gasteiger partial charge in [0.25, 0.3) is 0 Å². The molecule has 0 aliphatic carbocycles. The Morgan fingerprint density at radius 3 is 2.85 bits per heavy atom. The SMILES string of the molecule is C.CNS/C=C/c1cccc(Cl)c1. The molecule has 0 heterocycles. The lowest BCUT2D eigenvalue weighted by molar-refractivity contribution is 1.31. The molecular formula is C10H14ClNS. The summed E-state index contributed by atoms with van der Waals surface area (Å²) in [7, 11) is 1.88. The average Bonchev–Trinajstić information content (AvgIpc) is 2.05. The van der Waals surface area contributed by atoms with E-state index in [2.05, 4.69) is 4.72 Å². The Kier molecular flexibility index (Phi) is 6.77. The first-order chi connectivity index (χ1) is 5.83. The van der Waals surface area contributed by atoms with Gasteiger partial charge in [0.1, 0.15) is 0 Å². The third kappa shape index (κ3) is 4.98. The van der Waals surface area contributed by atoms with E-state index in [-0.39, 0.29) is 7.43 Å². The van der Waals surface area contributed by atoms with E-state index < -0.39 is 0 Å². The molecule has 0 saturated carbocycles. The van der Waals surface area contributed by atoms with E-state index in [0.717, 1.165) is 10.6 Å². The molecule has 1 aromatic carbocycles. The molecule has 0 unspecified atom stereocenters. The second-order valence-electron chi connectivity index (χ2n) is 2.18. The predicted molar refractivity (Wildman–Crippen MR) is 63.9 cm³/mol. The fraction of sp³-hybridized carbons (Fsp3) is 0.200.